The monoisotopic (exact) mass is 362 g/mol. The van der Waals surface area contributed by atoms with Gasteiger partial charge in [-0.05, 0) is 86.5 Å². The zero-order valence-electron chi connectivity index (χ0n) is 16.3. The summed E-state index contributed by atoms with van der Waals surface area (Å²) in [6.45, 7) is 5.41. The SMILES string of the molecule is CCc1c(-c2ccc(OCCCC3CCCNC3)cc2)cn2ccccc12. The molecule has 3 heterocycles. The minimum Gasteiger partial charge on any atom is -0.494 e. The van der Waals surface area contributed by atoms with E-state index in [1.165, 1.54) is 54.6 Å². The molecule has 4 rings (SSSR count). The van der Waals surface area contributed by atoms with Crippen molar-refractivity contribution in [1.82, 2.24) is 9.72 Å². The molecule has 0 spiro atoms. The fraction of sp³-hybridized carbons (Fsp3) is 0.417. The molecule has 1 unspecified atom stereocenters. The molecule has 3 aromatic rings. The fourth-order valence-corrected chi connectivity index (χ4v) is 4.26. The van der Waals surface area contributed by atoms with Crippen molar-refractivity contribution in [2.75, 3.05) is 19.7 Å². The van der Waals surface area contributed by atoms with E-state index in [1.807, 2.05) is 0 Å². The first-order valence-electron chi connectivity index (χ1n) is 10.4. The summed E-state index contributed by atoms with van der Waals surface area (Å²) in [7, 11) is 0. The summed E-state index contributed by atoms with van der Waals surface area (Å²) in [6, 6.07) is 15.0. The molecule has 3 heteroatoms. The summed E-state index contributed by atoms with van der Waals surface area (Å²) < 4.78 is 8.20. The van der Waals surface area contributed by atoms with Gasteiger partial charge in [0.1, 0.15) is 5.75 Å². The highest BCUT2D eigenvalue weighted by Crippen LogP contribution is 2.30. The predicted molar refractivity (Wildman–Crippen MR) is 113 cm³/mol. The molecule has 1 aliphatic rings. The number of benzene rings is 1. The van der Waals surface area contributed by atoms with Gasteiger partial charge in [-0.15, -0.1) is 0 Å². The summed E-state index contributed by atoms with van der Waals surface area (Å²) in [5.74, 6) is 1.81. The van der Waals surface area contributed by atoms with Crippen LogP contribution in [0.5, 0.6) is 5.75 Å². The van der Waals surface area contributed by atoms with Crippen LogP contribution in [0.4, 0.5) is 0 Å². The molecule has 1 atom stereocenters. The van der Waals surface area contributed by atoms with Crippen LogP contribution < -0.4 is 10.1 Å². The zero-order valence-corrected chi connectivity index (χ0v) is 16.3. The number of aryl methyl sites for hydroxylation is 1. The van der Waals surface area contributed by atoms with Gasteiger partial charge < -0.3 is 14.5 Å². The largest absolute Gasteiger partial charge is 0.494 e. The van der Waals surface area contributed by atoms with E-state index in [4.69, 9.17) is 4.74 Å². The van der Waals surface area contributed by atoms with Crippen LogP contribution in [-0.4, -0.2) is 24.1 Å². The van der Waals surface area contributed by atoms with Gasteiger partial charge in [0.15, 0.2) is 0 Å². The molecule has 1 aliphatic heterocycles. The Kier molecular flexibility index (Phi) is 5.78. The third-order valence-electron chi connectivity index (χ3n) is 5.74. The highest BCUT2D eigenvalue weighted by Gasteiger charge is 2.13. The number of hydrogen-bond acceptors (Lipinski definition) is 2. The van der Waals surface area contributed by atoms with Gasteiger partial charge in [-0.1, -0.05) is 25.1 Å². The lowest BCUT2D eigenvalue weighted by molar-refractivity contribution is 0.275. The van der Waals surface area contributed by atoms with Crippen LogP contribution >= 0.6 is 0 Å². The Morgan fingerprint density at radius 2 is 2.04 bits per heavy atom. The third-order valence-corrected chi connectivity index (χ3v) is 5.74. The van der Waals surface area contributed by atoms with Crippen LogP contribution in [0.1, 0.15) is 38.2 Å². The van der Waals surface area contributed by atoms with E-state index in [1.54, 1.807) is 0 Å². The minimum atomic E-state index is 0.812. The average Bonchev–Trinajstić information content (AvgIpc) is 3.11. The Bertz CT molecular complexity index is 860. The van der Waals surface area contributed by atoms with Gasteiger partial charge in [-0.3, -0.25) is 0 Å². The summed E-state index contributed by atoms with van der Waals surface area (Å²) in [5, 5.41) is 3.49. The zero-order chi connectivity index (χ0) is 18.5. The van der Waals surface area contributed by atoms with Gasteiger partial charge in [0, 0.05) is 23.5 Å². The standard InChI is InChI=1S/C24H30N2O/c1-2-22-23(18-26-15-4-3-9-24(22)26)20-10-12-21(13-11-20)27-16-6-8-19-7-5-14-25-17-19/h3-4,9-13,15,18-19,25H,2,5-8,14,16-17H2,1H3. The van der Waals surface area contributed by atoms with Crippen molar-refractivity contribution in [1.29, 1.82) is 0 Å². The van der Waals surface area contributed by atoms with E-state index in [9.17, 15) is 0 Å². The van der Waals surface area contributed by atoms with Crippen LogP contribution in [0.25, 0.3) is 16.6 Å². The predicted octanol–water partition coefficient (Wildman–Crippen LogP) is 5.33. The van der Waals surface area contributed by atoms with E-state index >= 15 is 0 Å². The number of nitrogens with one attached hydrogen (secondary N) is 1. The van der Waals surface area contributed by atoms with Crippen molar-refractivity contribution in [3.63, 3.8) is 0 Å². The molecule has 3 nitrogen and oxygen atoms in total. The molecule has 0 amide bonds. The maximum atomic E-state index is 5.98. The molecular formula is C24H30N2O. The summed E-state index contributed by atoms with van der Waals surface area (Å²) in [6.07, 6.45) is 10.5. The Hall–Kier alpha value is -2.26. The number of nitrogens with zero attached hydrogens (tertiary/aromatic N) is 1. The topological polar surface area (TPSA) is 25.7 Å². The van der Waals surface area contributed by atoms with Gasteiger partial charge in [-0.25, -0.2) is 0 Å². The first-order valence-corrected chi connectivity index (χ1v) is 10.4. The molecule has 1 aromatic carbocycles. The number of rotatable bonds is 7. The van der Waals surface area contributed by atoms with Crippen LogP contribution in [-0.2, 0) is 6.42 Å². The van der Waals surface area contributed by atoms with Gasteiger partial charge >= 0.3 is 0 Å². The number of ether oxygens (including phenoxy) is 1. The summed E-state index contributed by atoms with van der Waals surface area (Å²) >= 11 is 0. The van der Waals surface area contributed by atoms with E-state index in [0.29, 0.717) is 0 Å². The number of fused-ring (bicyclic) bond motifs is 1. The Morgan fingerprint density at radius 3 is 2.81 bits per heavy atom. The van der Waals surface area contributed by atoms with E-state index in [2.05, 4.69) is 71.5 Å². The Morgan fingerprint density at radius 1 is 1.15 bits per heavy atom. The van der Waals surface area contributed by atoms with E-state index < -0.39 is 0 Å². The van der Waals surface area contributed by atoms with Crippen LogP contribution in [0.2, 0.25) is 0 Å². The lowest BCUT2D eigenvalue weighted by Crippen LogP contribution is -2.29. The normalized spacial score (nSPS) is 17.3. The maximum absolute atomic E-state index is 5.98. The molecule has 1 fully saturated rings. The lowest BCUT2D eigenvalue weighted by atomic mass is 9.95. The summed E-state index contributed by atoms with van der Waals surface area (Å²) in [4.78, 5) is 0. The smallest absolute Gasteiger partial charge is 0.119 e. The number of piperidine rings is 1. The molecular weight excluding hydrogens is 332 g/mol. The van der Waals surface area contributed by atoms with Crippen molar-refractivity contribution in [3.8, 4) is 16.9 Å². The molecule has 0 aliphatic carbocycles. The van der Waals surface area contributed by atoms with Crippen LogP contribution in [0.3, 0.4) is 0 Å². The highest BCUT2D eigenvalue weighted by atomic mass is 16.5. The van der Waals surface area contributed by atoms with Crippen molar-refractivity contribution < 1.29 is 4.74 Å². The van der Waals surface area contributed by atoms with Crippen LogP contribution in [0, 0.1) is 5.92 Å². The Balaban J connectivity index is 1.37. The molecule has 0 saturated carbocycles. The number of pyridine rings is 1. The molecule has 1 N–H and O–H groups in total. The second-order valence-corrected chi connectivity index (χ2v) is 7.60. The van der Waals surface area contributed by atoms with Crippen LogP contribution in [0.15, 0.2) is 54.9 Å². The third kappa shape index (κ3) is 4.19. The van der Waals surface area contributed by atoms with Crippen molar-refractivity contribution >= 4 is 5.52 Å². The number of aromatic nitrogens is 1. The first kappa shape index (κ1) is 18.1. The van der Waals surface area contributed by atoms with Gasteiger partial charge in [0.05, 0.1) is 6.61 Å². The average molecular weight is 363 g/mol. The molecule has 0 radical (unpaired) electrons. The lowest BCUT2D eigenvalue weighted by Gasteiger charge is -2.22. The van der Waals surface area contributed by atoms with Gasteiger partial charge in [0.25, 0.3) is 0 Å². The Labute approximate surface area is 162 Å². The second-order valence-electron chi connectivity index (χ2n) is 7.60. The van der Waals surface area contributed by atoms with E-state index in [-0.39, 0.29) is 0 Å². The summed E-state index contributed by atoms with van der Waals surface area (Å²) in [5.41, 5.74) is 5.29. The van der Waals surface area contributed by atoms with E-state index in [0.717, 1.165) is 31.1 Å². The maximum Gasteiger partial charge on any atom is 0.119 e. The molecule has 27 heavy (non-hydrogen) atoms. The first-order chi connectivity index (χ1) is 13.3. The second kappa shape index (κ2) is 8.62. The molecule has 2 aromatic heterocycles. The van der Waals surface area contributed by atoms with Gasteiger partial charge in [-0.2, -0.15) is 0 Å². The minimum absolute atomic E-state index is 0.812. The highest BCUT2D eigenvalue weighted by molar-refractivity contribution is 5.77. The fourth-order valence-electron chi connectivity index (χ4n) is 4.26. The quantitative estimate of drug-likeness (QED) is 0.575. The van der Waals surface area contributed by atoms with Crippen molar-refractivity contribution in [2.45, 2.75) is 39.0 Å². The van der Waals surface area contributed by atoms with Crippen molar-refractivity contribution in [3.05, 3.63) is 60.4 Å². The van der Waals surface area contributed by atoms with Gasteiger partial charge in [0.2, 0.25) is 0 Å². The molecule has 142 valence electrons. The number of hydrogen-bond donors (Lipinski definition) is 1. The molecule has 0 bridgehead atoms. The van der Waals surface area contributed by atoms with Crippen molar-refractivity contribution in [2.24, 2.45) is 5.92 Å². The molecule has 1 saturated heterocycles.